The molecule has 1 unspecified atom stereocenters. The molecule has 2 rings (SSSR count). The van der Waals surface area contributed by atoms with Crippen LogP contribution in [0.25, 0.3) is 0 Å². The highest BCUT2D eigenvalue weighted by Crippen LogP contribution is 2.53. The number of aliphatic hydroxyl groups is 1. The fraction of sp³-hybridized carbons (Fsp3) is 0.722. The number of ketones is 1. The first kappa shape index (κ1) is 15.3. The molecular formula is C18H26O2. The Hall–Kier alpha value is -1.07. The van der Waals surface area contributed by atoms with Crippen LogP contribution in [0.15, 0.2) is 11.6 Å². The number of hydrogen-bond donors (Lipinski definition) is 1. The van der Waals surface area contributed by atoms with Crippen molar-refractivity contribution in [1.82, 2.24) is 0 Å². The summed E-state index contributed by atoms with van der Waals surface area (Å²) in [6.45, 7) is 7.86. The normalized spacial score (nSPS) is 31.1. The van der Waals surface area contributed by atoms with Crippen LogP contribution in [-0.2, 0) is 4.79 Å². The summed E-state index contributed by atoms with van der Waals surface area (Å²) in [5.41, 5.74) is 0.558. The molecule has 2 heteroatoms. The molecular weight excluding hydrogens is 248 g/mol. The Balaban J connectivity index is 2.09. The molecule has 0 radical (unpaired) electrons. The van der Waals surface area contributed by atoms with Crippen LogP contribution in [0.1, 0.15) is 59.8 Å². The van der Waals surface area contributed by atoms with Crippen molar-refractivity contribution in [2.24, 2.45) is 17.3 Å². The molecule has 0 saturated heterocycles. The van der Waals surface area contributed by atoms with E-state index in [4.69, 9.17) is 0 Å². The number of Topliss-reactive ketones (excluding diaryl/α,β-unsaturated/α-hetero) is 1. The van der Waals surface area contributed by atoms with E-state index >= 15 is 0 Å². The van der Waals surface area contributed by atoms with Gasteiger partial charge in [-0.2, -0.15) is 0 Å². The fourth-order valence-electron chi connectivity index (χ4n) is 3.84. The van der Waals surface area contributed by atoms with Gasteiger partial charge in [0.2, 0.25) is 0 Å². The standard InChI is InChI=1S/C18H26O2/c1-13(7-5-11-17(2,3)20)14-9-10-15-16(19)8-6-12-18(14,15)4/h9,13,15,20H,6-8,10,12H2,1-4H3/t13?,15-,18+/m1/s1. The van der Waals surface area contributed by atoms with Gasteiger partial charge < -0.3 is 5.11 Å². The minimum Gasteiger partial charge on any atom is -0.378 e. The van der Waals surface area contributed by atoms with Gasteiger partial charge >= 0.3 is 0 Å². The highest BCUT2D eigenvalue weighted by Gasteiger charge is 2.47. The number of fused-ring (bicyclic) bond motifs is 1. The number of hydrogen-bond acceptors (Lipinski definition) is 2. The zero-order valence-electron chi connectivity index (χ0n) is 13.1. The molecule has 0 heterocycles. The molecule has 0 aliphatic heterocycles. The quantitative estimate of drug-likeness (QED) is 0.618. The lowest BCUT2D eigenvalue weighted by Crippen LogP contribution is -2.36. The summed E-state index contributed by atoms with van der Waals surface area (Å²) in [4.78, 5) is 12.1. The Labute approximate surface area is 122 Å². The third-order valence-electron chi connectivity index (χ3n) is 4.84. The maximum Gasteiger partial charge on any atom is 0.137 e. The molecule has 0 amide bonds. The minimum absolute atomic E-state index is 0.0607. The maximum absolute atomic E-state index is 12.1. The molecule has 1 N–H and O–H groups in total. The maximum atomic E-state index is 12.1. The van der Waals surface area contributed by atoms with Gasteiger partial charge in [-0.05, 0) is 44.4 Å². The summed E-state index contributed by atoms with van der Waals surface area (Å²) in [5.74, 6) is 7.00. The van der Waals surface area contributed by atoms with Gasteiger partial charge in [0.25, 0.3) is 0 Å². The van der Waals surface area contributed by atoms with Crippen molar-refractivity contribution in [1.29, 1.82) is 0 Å². The summed E-state index contributed by atoms with van der Waals surface area (Å²) >= 11 is 0. The van der Waals surface area contributed by atoms with Gasteiger partial charge in [-0.25, -0.2) is 0 Å². The molecule has 0 bridgehead atoms. The number of allylic oxidation sites excluding steroid dienone is 2. The Morgan fingerprint density at radius 2 is 2.25 bits per heavy atom. The van der Waals surface area contributed by atoms with E-state index in [2.05, 4.69) is 31.8 Å². The van der Waals surface area contributed by atoms with Crippen LogP contribution < -0.4 is 0 Å². The lowest BCUT2D eigenvalue weighted by Gasteiger charge is -2.39. The molecule has 0 aromatic carbocycles. The van der Waals surface area contributed by atoms with Crippen molar-refractivity contribution in [2.45, 2.75) is 65.4 Å². The number of carbonyl (C=O) groups excluding carboxylic acids is 1. The van der Waals surface area contributed by atoms with Crippen LogP contribution in [0.3, 0.4) is 0 Å². The average molecular weight is 274 g/mol. The van der Waals surface area contributed by atoms with Gasteiger partial charge in [-0.3, -0.25) is 4.79 Å². The molecule has 20 heavy (non-hydrogen) atoms. The fourth-order valence-corrected chi connectivity index (χ4v) is 3.84. The molecule has 2 aliphatic rings. The van der Waals surface area contributed by atoms with Gasteiger partial charge in [-0.15, -0.1) is 0 Å². The molecule has 110 valence electrons. The van der Waals surface area contributed by atoms with E-state index in [0.717, 1.165) is 32.1 Å². The van der Waals surface area contributed by atoms with Crippen molar-refractivity contribution in [3.05, 3.63) is 11.6 Å². The van der Waals surface area contributed by atoms with E-state index in [1.54, 1.807) is 13.8 Å². The monoisotopic (exact) mass is 274 g/mol. The molecule has 3 atom stereocenters. The van der Waals surface area contributed by atoms with Gasteiger partial charge in [0.1, 0.15) is 11.4 Å². The van der Waals surface area contributed by atoms with Crippen LogP contribution in [0.4, 0.5) is 0 Å². The highest BCUT2D eigenvalue weighted by molar-refractivity contribution is 5.84. The second-order valence-electron chi connectivity index (χ2n) is 7.15. The van der Waals surface area contributed by atoms with E-state index in [1.165, 1.54) is 5.57 Å². The van der Waals surface area contributed by atoms with E-state index < -0.39 is 5.60 Å². The van der Waals surface area contributed by atoms with E-state index in [-0.39, 0.29) is 11.3 Å². The predicted octanol–water partition coefficient (Wildman–Crippen LogP) is 3.49. The Morgan fingerprint density at radius 3 is 2.90 bits per heavy atom. The Morgan fingerprint density at radius 1 is 1.55 bits per heavy atom. The van der Waals surface area contributed by atoms with Gasteiger partial charge in [0.05, 0.1) is 0 Å². The topological polar surface area (TPSA) is 37.3 Å². The van der Waals surface area contributed by atoms with Crippen molar-refractivity contribution in [3.63, 3.8) is 0 Å². The molecule has 2 aliphatic carbocycles. The van der Waals surface area contributed by atoms with E-state index in [1.807, 2.05) is 0 Å². The third kappa shape index (κ3) is 2.99. The lowest BCUT2D eigenvalue weighted by molar-refractivity contribution is -0.128. The minimum atomic E-state index is -0.920. The smallest absolute Gasteiger partial charge is 0.137 e. The number of rotatable bonds is 2. The highest BCUT2D eigenvalue weighted by atomic mass is 16.3. The van der Waals surface area contributed by atoms with Crippen LogP contribution in [-0.4, -0.2) is 16.5 Å². The Bertz CT molecular complexity index is 484. The van der Waals surface area contributed by atoms with Crippen LogP contribution in [0.5, 0.6) is 0 Å². The zero-order valence-corrected chi connectivity index (χ0v) is 13.1. The summed E-state index contributed by atoms with van der Waals surface area (Å²) in [7, 11) is 0. The SMILES string of the molecule is CC(CC#CC(C)(C)O)C1=CC[C@@H]2C(=O)CCC[C@@]12C. The summed E-state index contributed by atoms with van der Waals surface area (Å²) in [5, 5.41) is 9.64. The zero-order chi connectivity index (χ0) is 15.0. The second kappa shape index (κ2) is 5.37. The molecule has 1 saturated carbocycles. The first-order chi connectivity index (χ1) is 9.24. The largest absolute Gasteiger partial charge is 0.378 e. The van der Waals surface area contributed by atoms with Crippen LogP contribution in [0, 0.1) is 29.1 Å². The molecule has 0 aromatic rings. The van der Waals surface area contributed by atoms with Crippen LogP contribution in [0.2, 0.25) is 0 Å². The van der Waals surface area contributed by atoms with Gasteiger partial charge in [0, 0.05) is 18.8 Å². The summed E-state index contributed by atoms with van der Waals surface area (Å²) in [6.07, 6.45) is 6.85. The van der Waals surface area contributed by atoms with Crippen molar-refractivity contribution < 1.29 is 9.90 Å². The van der Waals surface area contributed by atoms with E-state index in [9.17, 15) is 9.90 Å². The van der Waals surface area contributed by atoms with Gasteiger partial charge in [0.15, 0.2) is 0 Å². The molecule has 1 fully saturated rings. The Kier molecular flexibility index (Phi) is 4.12. The second-order valence-corrected chi connectivity index (χ2v) is 7.15. The first-order valence-electron chi connectivity index (χ1n) is 7.70. The number of carbonyl (C=O) groups is 1. The van der Waals surface area contributed by atoms with E-state index in [0.29, 0.717) is 11.7 Å². The molecule has 2 nitrogen and oxygen atoms in total. The third-order valence-corrected chi connectivity index (χ3v) is 4.84. The molecule has 0 aromatic heterocycles. The van der Waals surface area contributed by atoms with Crippen molar-refractivity contribution in [3.8, 4) is 11.8 Å². The van der Waals surface area contributed by atoms with Gasteiger partial charge in [-0.1, -0.05) is 37.3 Å². The summed E-state index contributed by atoms with van der Waals surface area (Å²) < 4.78 is 0. The first-order valence-corrected chi connectivity index (χ1v) is 7.70. The molecule has 0 spiro atoms. The van der Waals surface area contributed by atoms with Crippen molar-refractivity contribution in [2.75, 3.05) is 0 Å². The van der Waals surface area contributed by atoms with Crippen molar-refractivity contribution >= 4 is 5.78 Å². The van der Waals surface area contributed by atoms with Crippen LogP contribution >= 0.6 is 0 Å². The predicted molar refractivity (Wildman–Crippen MR) is 81.0 cm³/mol. The lowest BCUT2D eigenvalue weighted by atomic mass is 9.63. The average Bonchev–Trinajstić information content (AvgIpc) is 2.66. The summed E-state index contributed by atoms with van der Waals surface area (Å²) in [6, 6.07) is 0.